The Morgan fingerprint density at radius 3 is 2.60 bits per heavy atom. The van der Waals surface area contributed by atoms with Crippen LogP contribution in [0.2, 0.25) is 5.02 Å². The van der Waals surface area contributed by atoms with Crippen LogP contribution in [0.15, 0.2) is 12.3 Å². The van der Waals surface area contributed by atoms with Gasteiger partial charge >= 0.3 is 5.97 Å². The number of aromatic nitrogens is 1. The first-order chi connectivity index (χ1) is 6.86. The molecule has 0 atom stereocenters. The molecule has 0 aromatic carbocycles. The van der Waals surface area contributed by atoms with Crippen LogP contribution in [0.4, 0.5) is 8.78 Å². The summed E-state index contributed by atoms with van der Waals surface area (Å²) in [5.41, 5.74) is -0.521. The molecule has 3 nitrogen and oxygen atoms in total. The Labute approximate surface area is 90.0 Å². The van der Waals surface area contributed by atoms with E-state index in [1.165, 1.54) is 7.11 Å². The van der Waals surface area contributed by atoms with Gasteiger partial charge < -0.3 is 4.74 Å². The van der Waals surface area contributed by atoms with Crippen molar-refractivity contribution < 1.29 is 18.3 Å². The van der Waals surface area contributed by atoms with E-state index in [9.17, 15) is 13.6 Å². The molecule has 0 radical (unpaired) electrons. The van der Waals surface area contributed by atoms with Crippen LogP contribution >= 0.6 is 11.6 Å². The van der Waals surface area contributed by atoms with Crippen molar-refractivity contribution >= 4 is 17.6 Å². The van der Waals surface area contributed by atoms with E-state index in [2.05, 4.69) is 9.72 Å². The Kier molecular flexibility index (Phi) is 3.24. The number of carbonyl (C=O) groups excluding carboxylic acids is 1. The zero-order valence-electron chi connectivity index (χ0n) is 8.05. The van der Waals surface area contributed by atoms with Gasteiger partial charge in [-0.15, -0.1) is 0 Å². The Morgan fingerprint density at radius 2 is 2.20 bits per heavy atom. The van der Waals surface area contributed by atoms with E-state index < -0.39 is 17.6 Å². The van der Waals surface area contributed by atoms with Crippen molar-refractivity contribution in [1.82, 2.24) is 4.98 Å². The van der Waals surface area contributed by atoms with E-state index >= 15 is 0 Å². The molecule has 1 aromatic rings. The summed E-state index contributed by atoms with van der Waals surface area (Å²) < 4.78 is 30.1. The van der Waals surface area contributed by atoms with Crippen LogP contribution < -0.4 is 0 Å². The van der Waals surface area contributed by atoms with Gasteiger partial charge in [-0.25, -0.2) is 4.79 Å². The summed E-state index contributed by atoms with van der Waals surface area (Å²) in [6.45, 7) is 0.680. The minimum atomic E-state index is -3.13. The molecule has 6 heteroatoms. The van der Waals surface area contributed by atoms with Crippen molar-refractivity contribution in [2.75, 3.05) is 7.11 Å². The maximum Gasteiger partial charge on any atom is 0.339 e. The third kappa shape index (κ3) is 2.62. The Morgan fingerprint density at radius 1 is 1.60 bits per heavy atom. The fourth-order valence-electron chi connectivity index (χ4n) is 0.990. The van der Waals surface area contributed by atoms with E-state index in [-0.39, 0.29) is 10.6 Å². The van der Waals surface area contributed by atoms with Gasteiger partial charge in [0.15, 0.2) is 0 Å². The average molecular weight is 236 g/mol. The maximum absolute atomic E-state index is 12.9. The largest absolute Gasteiger partial charge is 0.465 e. The van der Waals surface area contributed by atoms with E-state index in [1.54, 1.807) is 0 Å². The number of esters is 1. The summed E-state index contributed by atoms with van der Waals surface area (Å²) >= 11 is 5.56. The Hall–Kier alpha value is -1.23. The van der Waals surface area contributed by atoms with Crippen LogP contribution in [-0.2, 0) is 10.7 Å². The molecule has 1 rings (SSSR count). The highest BCUT2D eigenvalue weighted by molar-refractivity contribution is 6.31. The zero-order valence-corrected chi connectivity index (χ0v) is 8.81. The molecule has 0 aliphatic rings. The van der Waals surface area contributed by atoms with Gasteiger partial charge in [-0.1, -0.05) is 11.6 Å². The van der Waals surface area contributed by atoms with Crippen molar-refractivity contribution in [3.63, 3.8) is 0 Å². The number of carbonyl (C=O) groups is 1. The van der Waals surface area contributed by atoms with Crippen molar-refractivity contribution in [1.29, 1.82) is 0 Å². The SMILES string of the molecule is COC(=O)c1cnc(C(C)(F)F)c(Cl)c1. The number of halogens is 3. The fourth-order valence-corrected chi connectivity index (χ4v) is 1.32. The van der Waals surface area contributed by atoms with Gasteiger partial charge in [0.1, 0.15) is 5.69 Å². The Balaban J connectivity index is 3.15. The maximum atomic E-state index is 12.9. The van der Waals surface area contributed by atoms with E-state index in [0.717, 1.165) is 12.3 Å². The second kappa shape index (κ2) is 4.10. The molecule has 0 amide bonds. The lowest BCUT2D eigenvalue weighted by molar-refractivity contribution is 0.0127. The van der Waals surface area contributed by atoms with Crippen LogP contribution in [-0.4, -0.2) is 18.1 Å². The number of ether oxygens (including phenoxy) is 1. The number of pyridine rings is 1. The van der Waals surface area contributed by atoms with Crippen LogP contribution in [0.3, 0.4) is 0 Å². The average Bonchev–Trinajstić information content (AvgIpc) is 2.14. The summed E-state index contributed by atoms with van der Waals surface area (Å²) in [7, 11) is 1.18. The summed E-state index contributed by atoms with van der Waals surface area (Å²) in [4.78, 5) is 14.5. The number of rotatable bonds is 2. The highest BCUT2D eigenvalue weighted by atomic mass is 35.5. The van der Waals surface area contributed by atoms with Crippen LogP contribution in [0.5, 0.6) is 0 Å². The van der Waals surface area contributed by atoms with Gasteiger partial charge in [-0.3, -0.25) is 4.98 Å². The number of alkyl halides is 2. The van der Waals surface area contributed by atoms with Crippen LogP contribution in [0, 0.1) is 0 Å². The van der Waals surface area contributed by atoms with Crippen LogP contribution in [0.25, 0.3) is 0 Å². The molecule has 0 spiro atoms. The molecule has 0 aliphatic carbocycles. The van der Waals surface area contributed by atoms with Gasteiger partial charge in [0.2, 0.25) is 0 Å². The van der Waals surface area contributed by atoms with Gasteiger partial charge in [-0.05, 0) is 6.07 Å². The number of hydrogen-bond donors (Lipinski definition) is 0. The zero-order chi connectivity index (χ0) is 11.6. The molecule has 0 saturated carbocycles. The number of nitrogens with zero attached hydrogens (tertiary/aromatic N) is 1. The molecule has 0 unspecified atom stereocenters. The smallest absolute Gasteiger partial charge is 0.339 e. The molecular formula is C9H8ClF2NO2. The van der Waals surface area contributed by atoms with Crippen molar-refractivity contribution in [3.8, 4) is 0 Å². The quantitative estimate of drug-likeness (QED) is 0.740. The molecule has 0 bridgehead atoms. The predicted octanol–water partition coefficient (Wildman–Crippen LogP) is 2.63. The Bertz CT molecular complexity index is 390. The molecule has 1 heterocycles. The van der Waals surface area contributed by atoms with Crippen molar-refractivity contribution in [3.05, 3.63) is 28.5 Å². The molecule has 0 fully saturated rings. The highest BCUT2D eigenvalue weighted by Crippen LogP contribution is 2.31. The lowest BCUT2D eigenvalue weighted by Crippen LogP contribution is -2.12. The normalized spacial score (nSPS) is 11.3. The van der Waals surface area contributed by atoms with E-state index in [1.807, 2.05) is 0 Å². The third-order valence-electron chi connectivity index (χ3n) is 1.68. The highest BCUT2D eigenvalue weighted by Gasteiger charge is 2.29. The first kappa shape index (κ1) is 11.8. The van der Waals surface area contributed by atoms with E-state index in [4.69, 9.17) is 11.6 Å². The summed E-state index contributed by atoms with van der Waals surface area (Å²) in [6.07, 6.45) is 1.00. The summed E-state index contributed by atoms with van der Waals surface area (Å²) in [5, 5.41) is -0.259. The van der Waals surface area contributed by atoms with Crippen LogP contribution in [0.1, 0.15) is 23.0 Å². The first-order valence-electron chi connectivity index (χ1n) is 3.98. The standard InChI is InChI=1S/C9H8ClF2NO2/c1-9(11,12)7-6(10)3-5(4-13-7)8(14)15-2/h3-4H,1-2H3. The lowest BCUT2D eigenvalue weighted by atomic mass is 10.2. The topological polar surface area (TPSA) is 39.2 Å². The second-order valence-corrected chi connectivity index (χ2v) is 3.34. The fraction of sp³-hybridized carbons (Fsp3) is 0.333. The molecule has 0 saturated heterocycles. The molecule has 1 aromatic heterocycles. The summed E-state index contributed by atoms with van der Waals surface area (Å²) in [5.74, 6) is -3.80. The minimum absolute atomic E-state index is 0.0375. The minimum Gasteiger partial charge on any atom is -0.465 e. The van der Waals surface area contributed by atoms with Gasteiger partial charge in [0.05, 0.1) is 17.7 Å². The third-order valence-corrected chi connectivity index (χ3v) is 1.97. The second-order valence-electron chi connectivity index (χ2n) is 2.93. The molecule has 82 valence electrons. The van der Waals surface area contributed by atoms with E-state index in [0.29, 0.717) is 6.92 Å². The molecule has 15 heavy (non-hydrogen) atoms. The number of methoxy groups -OCH3 is 1. The van der Waals surface area contributed by atoms with Gasteiger partial charge in [0, 0.05) is 13.1 Å². The van der Waals surface area contributed by atoms with Crippen molar-refractivity contribution in [2.45, 2.75) is 12.8 Å². The summed E-state index contributed by atoms with van der Waals surface area (Å²) in [6, 6.07) is 1.10. The van der Waals surface area contributed by atoms with Gasteiger partial charge in [-0.2, -0.15) is 8.78 Å². The van der Waals surface area contributed by atoms with Crippen molar-refractivity contribution in [2.24, 2.45) is 0 Å². The molecular weight excluding hydrogens is 228 g/mol. The number of hydrogen-bond acceptors (Lipinski definition) is 3. The predicted molar refractivity (Wildman–Crippen MR) is 50.2 cm³/mol. The monoisotopic (exact) mass is 235 g/mol. The van der Waals surface area contributed by atoms with Gasteiger partial charge in [0.25, 0.3) is 5.92 Å². The molecule has 0 N–H and O–H groups in total. The first-order valence-corrected chi connectivity index (χ1v) is 4.36. The molecule has 0 aliphatic heterocycles. The lowest BCUT2D eigenvalue weighted by Gasteiger charge is -2.11.